The van der Waals surface area contributed by atoms with E-state index in [0.29, 0.717) is 26.6 Å². The summed E-state index contributed by atoms with van der Waals surface area (Å²) >= 11 is 7.16. The molecular weight excluding hydrogens is 275 g/mol. The average Bonchev–Trinajstić information content (AvgIpc) is 2.93. The van der Waals surface area contributed by atoms with Crippen LogP contribution in [0.4, 0.5) is 4.39 Å². The zero-order valence-electron chi connectivity index (χ0n) is 9.06. The lowest BCUT2D eigenvalue weighted by Crippen LogP contribution is -1.93. The molecule has 0 fully saturated rings. The second kappa shape index (κ2) is 4.39. The van der Waals surface area contributed by atoms with Gasteiger partial charge in [-0.15, -0.1) is 11.3 Å². The second-order valence-electron chi connectivity index (χ2n) is 3.90. The number of thiophene rings is 1. The van der Waals surface area contributed by atoms with Gasteiger partial charge in [0.2, 0.25) is 0 Å². The molecule has 2 heterocycles. The lowest BCUT2D eigenvalue weighted by molar-refractivity contribution is 0.196. The molecule has 2 aromatic heterocycles. The molecule has 0 saturated carbocycles. The van der Waals surface area contributed by atoms with Crippen molar-refractivity contribution >= 4 is 33.9 Å². The lowest BCUT2D eigenvalue weighted by Gasteiger charge is -2.03. The maximum absolute atomic E-state index is 13.1. The van der Waals surface area contributed by atoms with Gasteiger partial charge in [-0.1, -0.05) is 11.6 Å². The molecular formula is C13H8ClFO2S. The smallest absolute Gasteiger partial charge is 0.146 e. The fraction of sp³-hybridized carbons (Fsp3) is 0.0769. The van der Waals surface area contributed by atoms with Crippen molar-refractivity contribution in [2.24, 2.45) is 0 Å². The molecule has 0 bridgehead atoms. The quantitative estimate of drug-likeness (QED) is 0.757. The van der Waals surface area contributed by atoms with Crippen LogP contribution in [0.15, 0.2) is 40.1 Å². The fourth-order valence-electron chi connectivity index (χ4n) is 1.78. The molecule has 0 radical (unpaired) electrons. The molecule has 0 amide bonds. The van der Waals surface area contributed by atoms with Crippen LogP contribution in [0.25, 0.3) is 11.0 Å². The molecule has 3 rings (SSSR count). The summed E-state index contributed by atoms with van der Waals surface area (Å²) in [5, 5.41) is 13.1. The monoisotopic (exact) mass is 282 g/mol. The Morgan fingerprint density at radius 2 is 2.11 bits per heavy atom. The Morgan fingerprint density at radius 3 is 2.83 bits per heavy atom. The first-order valence-corrected chi connectivity index (χ1v) is 6.50. The number of aliphatic hydroxyl groups excluding tert-OH is 1. The zero-order chi connectivity index (χ0) is 12.7. The second-order valence-corrected chi connectivity index (χ2v) is 5.28. The van der Waals surface area contributed by atoms with Crippen LogP contribution in [0, 0.1) is 5.82 Å². The van der Waals surface area contributed by atoms with Crippen molar-refractivity contribution in [3.05, 3.63) is 57.2 Å². The normalized spacial score (nSPS) is 13.1. The molecule has 0 aliphatic rings. The predicted octanol–water partition coefficient (Wildman–Crippen LogP) is 4.37. The molecule has 0 spiro atoms. The summed E-state index contributed by atoms with van der Waals surface area (Å²) < 4.78 is 18.5. The van der Waals surface area contributed by atoms with Crippen LogP contribution in [0.3, 0.4) is 0 Å². The minimum atomic E-state index is -0.877. The van der Waals surface area contributed by atoms with E-state index in [9.17, 15) is 9.50 Å². The zero-order valence-corrected chi connectivity index (χ0v) is 10.6. The van der Waals surface area contributed by atoms with Crippen molar-refractivity contribution in [3.8, 4) is 0 Å². The topological polar surface area (TPSA) is 33.4 Å². The lowest BCUT2D eigenvalue weighted by atomic mass is 10.2. The van der Waals surface area contributed by atoms with E-state index in [1.54, 1.807) is 23.6 Å². The van der Waals surface area contributed by atoms with E-state index in [4.69, 9.17) is 16.0 Å². The molecule has 0 aliphatic heterocycles. The maximum atomic E-state index is 13.1. The van der Waals surface area contributed by atoms with E-state index in [2.05, 4.69) is 0 Å². The van der Waals surface area contributed by atoms with Crippen LogP contribution in [-0.4, -0.2) is 5.11 Å². The van der Waals surface area contributed by atoms with Crippen LogP contribution >= 0.6 is 22.9 Å². The Labute approximate surface area is 111 Å². The third kappa shape index (κ3) is 2.03. The minimum absolute atomic E-state index is 0.330. The number of rotatable bonds is 2. The van der Waals surface area contributed by atoms with Gasteiger partial charge in [-0.3, -0.25) is 0 Å². The molecule has 1 atom stereocenters. The number of hydrogen-bond acceptors (Lipinski definition) is 3. The number of hydrogen-bond donors (Lipinski definition) is 1. The van der Waals surface area contributed by atoms with Gasteiger partial charge in [-0.05, 0) is 30.3 Å². The third-order valence-electron chi connectivity index (χ3n) is 2.62. The van der Waals surface area contributed by atoms with Gasteiger partial charge in [-0.25, -0.2) is 4.39 Å². The molecule has 92 valence electrons. The Hall–Kier alpha value is -1.36. The van der Waals surface area contributed by atoms with E-state index in [-0.39, 0.29) is 5.82 Å². The Morgan fingerprint density at radius 1 is 1.28 bits per heavy atom. The minimum Gasteiger partial charge on any atom is -0.458 e. The fourth-order valence-corrected chi connectivity index (χ4v) is 2.85. The van der Waals surface area contributed by atoms with E-state index >= 15 is 0 Å². The molecule has 3 aromatic rings. The summed E-state index contributed by atoms with van der Waals surface area (Å²) in [6.07, 6.45) is -0.877. The van der Waals surface area contributed by atoms with Gasteiger partial charge in [-0.2, -0.15) is 0 Å². The summed E-state index contributed by atoms with van der Waals surface area (Å²) in [4.78, 5) is 0.694. The Bertz CT molecular complexity index is 704. The largest absolute Gasteiger partial charge is 0.458 e. The first-order valence-electron chi connectivity index (χ1n) is 5.24. The van der Waals surface area contributed by atoms with Crippen molar-refractivity contribution in [3.63, 3.8) is 0 Å². The number of furan rings is 1. The highest BCUT2D eigenvalue weighted by Crippen LogP contribution is 2.32. The summed E-state index contributed by atoms with van der Waals surface area (Å²) in [6.45, 7) is 0. The average molecular weight is 283 g/mol. The number of benzene rings is 1. The van der Waals surface area contributed by atoms with Crippen LogP contribution in [0.5, 0.6) is 0 Å². The SMILES string of the molecule is OC(c1cc2cc(F)ccc2o1)c1cc(Cl)cs1. The number of fused-ring (bicyclic) bond motifs is 1. The van der Waals surface area contributed by atoms with Crippen LogP contribution in [0.2, 0.25) is 5.02 Å². The van der Waals surface area contributed by atoms with Crippen molar-refractivity contribution < 1.29 is 13.9 Å². The standard InChI is InChI=1S/C13H8ClFO2S/c14-8-5-12(18-6-8)13(16)11-4-7-3-9(15)1-2-10(7)17-11/h1-6,13,16H. The van der Waals surface area contributed by atoms with Gasteiger partial charge in [0, 0.05) is 15.6 Å². The highest BCUT2D eigenvalue weighted by Gasteiger charge is 2.17. The van der Waals surface area contributed by atoms with Crippen molar-refractivity contribution in [2.75, 3.05) is 0 Å². The first kappa shape index (κ1) is 11.7. The van der Waals surface area contributed by atoms with E-state index in [1.807, 2.05) is 0 Å². The highest BCUT2D eigenvalue weighted by molar-refractivity contribution is 7.10. The molecule has 1 unspecified atom stereocenters. The molecule has 0 aliphatic carbocycles. The highest BCUT2D eigenvalue weighted by atomic mass is 35.5. The van der Waals surface area contributed by atoms with Gasteiger partial charge in [0.05, 0.1) is 5.02 Å². The van der Waals surface area contributed by atoms with Crippen LogP contribution in [-0.2, 0) is 0 Å². The van der Waals surface area contributed by atoms with Crippen molar-refractivity contribution in [2.45, 2.75) is 6.10 Å². The van der Waals surface area contributed by atoms with E-state index in [1.165, 1.54) is 23.5 Å². The maximum Gasteiger partial charge on any atom is 0.146 e. The van der Waals surface area contributed by atoms with Gasteiger partial charge in [0.15, 0.2) is 0 Å². The molecule has 5 heteroatoms. The van der Waals surface area contributed by atoms with Gasteiger partial charge < -0.3 is 9.52 Å². The van der Waals surface area contributed by atoms with Crippen molar-refractivity contribution in [1.82, 2.24) is 0 Å². The Kier molecular flexibility index (Phi) is 2.86. The summed E-state index contributed by atoms with van der Waals surface area (Å²) in [7, 11) is 0. The molecule has 2 nitrogen and oxygen atoms in total. The molecule has 1 aromatic carbocycles. The summed E-state index contributed by atoms with van der Waals surface area (Å²) in [6, 6.07) is 7.56. The molecule has 0 saturated heterocycles. The molecule has 1 N–H and O–H groups in total. The predicted molar refractivity (Wildman–Crippen MR) is 69.6 cm³/mol. The first-order chi connectivity index (χ1) is 8.63. The van der Waals surface area contributed by atoms with Crippen LogP contribution in [0.1, 0.15) is 16.7 Å². The van der Waals surface area contributed by atoms with Gasteiger partial charge in [0.1, 0.15) is 23.3 Å². The Balaban J connectivity index is 2.03. The van der Waals surface area contributed by atoms with Gasteiger partial charge in [0.25, 0.3) is 0 Å². The van der Waals surface area contributed by atoms with E-state index in [0.717, 1.165) is 0 Å². The number of halogens is 2. The summed E-state index contributed by atoms with van der Waals surface area (Å²) in [5.41, 5.74) is 0.549. The number of aliphatic hydroxyl groups is 1. The van der Waals surface area contributed by atoms with E-state index < -0.39 is 6.10 Å². The summed E-state index contributed by atoms with van der Waals surface area (Å²) in [5.74, 6) is 0.0534. The van der Waals surface area contributed by atoms with Gasteiger partial charge >= 0.3 is 0 Å². The van der Waals surface area contributed by atoms with Crippen molar-refractivity contribution in [1.29, 1.82) is 0 Å². The molecule has 18 heavy (non-hydrogen) atoms. The van der Waals surface area contributed by atoms with Crippen LogP contribution < -0.4 is 0 Å². The third-order valence-corrected chi connectivity index (χ3v) is 3.96.